The number of aromatic nitrogens is 1. The normalized spacial score (nSPS) is 15.7. The Bertz CT molecular complexity index is 2880. The molecule has 71 heavy (non-hydrogen) atoms. The number of anilines is 2. The minimum absolute atomic E-state index is 0.0445. The fraction of sp³-hybridized carbons (Fsp3) is 0.365. The number of carbonyl (C=O) groups is 7. The summed E-state index contributed by atoms with van der Waals surface area (Å²) < 4.78 is 16.7. The third-order valence-corrected chi connectivity index (χ3v) is 12.6. The van der Waals surface area contributed by atoms with Gasteiger partial charge in [-0.25, -0.2) is 0 Å². The van der Waals surface area contributed by atoms with E-state index in [9.17, 15) is 38.8 Å². The molecular weight excluding hydrogens is 911 g/mol. The van der Waals surface area contributed by atoms with Crippen molar-refractivity contribution in [3.63, 3.8) is 0 Å². The lowest BCUT2D eigenvalue weighted by molar-refractivity contribution is -0.136. The zero-order valence-corrected chi connectivity index (χ0v) is 39.2. The third kappa shape index (κ3) is 12.3. The highest BCUT2D eigenvalue weighted by Crippen LogP contribution is 2.32. The first kappa shape index (κ1) is 49.6. The average Bonchev–Trinajstić information content (AvgIpc) is 3.64. The van der Waals surface area contributed by atoms with Crippen molar-refractivity contribution < 1.29 is 47.8 Å². The Labute approximate surface area is 409 Å². The van der Waals surface area contributed by atoms with E-state index < -0.39 is 29.7 Å². The number of piperidine rings is 1. The van der Waals surface area contributed by atoms with Crippen LogP contribution >= 0.6 is 0 Å². The van der Waals surface area contributed by atoms with Gasteiger partial charge in [-0.1, -0.05) is 30.3 Å². The van der Waals surface area contributed by atoms with Gasteiger partial charge in [0, 0.05) is 93.6 Å². The van der Waals surface area contributed by atoms with Crippen molar-refractivity contribution >= 4 is 74.4 Å². The molecule has 8 rings (SSSR count). The second-order valence-electron chi connectivity index (χ2n) is 17.2. The van der Waals surface area contributed by atoms with Crippen LogP contribution in [0.25, 0.3) is 21.7 Å². The maximum absolute atomic E-state index is 13.5. The molecule has 4 aromatic carbocycles. The molecule has 2 fully saturated rings. The van der Waals surface area contributed by atoms with Gasteiger partial charge in [0.2, 0.25) is 23.6 Å². The highest BCUT2D eigenvalue weighted by molar-refractivity contribution is 6.25. The first-order chi connectivity index (χ1) is 34.6. The van der Waals surface area contributed by atoms with Crippen LogP contribution in [0.2, 0.25) is 0 Å². The van der Waals surface area contributed by atoms with Crippen LogP contribution in [-0.2, 0) is 39.8 Å². The number of piperazine rings is 1. The molecule has 0 bridgehead atoms. The molecule has 368 valence electrons. The molecule has 1 aromatic heterocycles. The van der Waals surface area contributed by atoms with Gasteiger partial charge < -0.3 is 40.0 Å². The lowest BCUT2D eigenvalue weighted by atomic mass is 10.0. The summed E-state index contributed by atoms with van der Waals surface area (Å²) in [4.78, 5) is 97.8. The summed E-state index contributed by atoms with van der Waals surface area (Å²) in [6, 6.07) is 25.3. The van der Waals surface area contributed by atoms with Gasteiger partial charge in [-0.15, -0.1) is 0 Å². The molecule has 3 aliphatic rings. The molecule has 7 amide bonds. The monoisotopic (exact) mass is 965 g/mol. The van der Waals surface area contributed by atoms with Crippen molar-refractivity contribution in [2.24, 2.45) is 0 Å². The van der Waals surface area contributed by atoms with Crippen LogP contribution in [0.15, 0.2) is 85.1 Å². The summed E-state index contributed by atoms with van der Waals surface area (Å²) in [5, 5.41) is 23.8. The number of nitriles is 1. The second-order valence-corrected chi connectivity index (χ2v) is 17.2. The highest BCUT2D eigenvalue weighted by atomic mass is 16.5. The molecule has 0 saturated carbocycles. The summed E-state index contributed by atoms with van der Waals surface area (Å²) >= 11 is 0. The van der Waals surface area contributed by atoms with E-state index in [-0.39, 0.29) is 80.9 Å². The number of benzene rings is 4. The van der Waals surface area contributed by atoms with Crippen molar-refractivity contribution in [1.82, 2.24) is 30.3 Å². The van der Waals surface area contributed by atoms with Crippen molar-refractivity contribution in [2.45, 2.75) is 38.1 Å². The van der Waals surface area contributed by atoms with Gasteiger partial charge in [0.25, 0.3) is 17.7 Å². The van der Waals surface area contributed by atoms with Crippen molar-refractivity contribution in [1.29, 1.82) is 5.26 Å². The van der Waals surface area contributed by atoms with E-state index in [4.69, 9.17) is 14.2 Å². The molecule has 19 nitrogen and oxygen atoms in total. The number of amides is 7. The molecule has 0 radical (unpaired) electrons. The van der Waals surface area contributed by atoms with Crippen molar-refractivity contribution in [3.05, 3.63) is 113 Å². The van der Waals surface area contributed by atoms with Crippen LogP contribution in [0.3, 0.4) is 0 Å². The number of nitrogens with zero attached hydrogens (tertiary/aromatic N) is 5. The van der Waals surface area contributed by atoms with E-state index in [1.54, 1.807) is 34.2 Å². The van der Waals surface area contributed by atoms with Gasteiger partial charge in [0.1, 0.15) is 6.04 Å². The summed E-state index contributed by atoms with van der Waals surface area (Å²) in [6.07, 6.45) is 2.94. The van der Waals surface area contributed by atoms with Gasteiger partial charge in [-0.2, -0.15) is 5.26 Å². The Kier molecular flexibility index (Phi) is 16.6. The SMILES string of the molecule is N#Cc1ccc2nccc(NCCc3ccc4cc(C(=O)N5CCN(C(=O)CCNC(=O)CCOCCOCCOCCNc6cccc7c6C(=O)N(C6CCC(=O)NC6=O)C7=O)CC5)ccc4c3)c2c1. The number of imide groups is 2. The number of hydrogen-bond acceptors (Lipinski definition) is 14. The number of nitrogens with one attached hydrogen (secondary N) is 4. The predicted octanol–water partition coefficient (Wildman–Crippen LogP) is 3.66. The number of rotatable bonds is 22. The van der Waals surface area contributed by atoms with Crippen molar-refractivity contribution in [3.8, 4) is 6.07 Å². The molecule has 0 aliphatic carbocycles. The number of pyridine rings is 1. The van der Waals surface area contributed by atoms with Crippen LogP contribution < -0.4 is 21.3 Å². The summed E-state index contributed by atoms with van der Waals surface area (Å²) in [7, 11) is 0. The molecule has 0 spiro atoms. The average molecular weight is 966 g/mol. The van der Waals surface area contributed by atoms with Crippen LogP contribution in [0, 0.1) is 11.3 Å². The Balaban J connectivity index is 0.640. The maximum Gasteiger partial charge on any atom is 0.264 e. The van der Waals surface area contributed by atoms with E-state index in [1.807, 2.05) is 42.5 Å². The molecule has 19 heteroatoms. The Hall–Kier alpha value is -7.79. The third-order valence-electron chi connectivity index (χ3n) is 12.6. The first-order valence-corrected chi connectivity index (χ1v) is 23.8. The van der Waals surface area contributed by atoms with Crippen molar-refractivity contribution in [2.75, 3.05) is 96.1 Å². The van der Waals surface area contributed by atoms with Gasteiger partial charge in [-0.3, -0.25) is 48.8 Å². The number of carbonyl (C=O) groups excluding carboxylic acids is 7. The largest absolute Gasteiger partial charge is 0.384 e. The highest BCUT2D eigenvalue weighted by Gasteiger charge is 2.45. The van der Waals surface area contributed by atoms with Crippen LogP contribution in [0.5, 0.6) is 0 Å². The standard InChI is InChI=1S/C52H55N9O10/c53-33-35-5-9-41-40(31-35)42(13-17-55-41)54-16-12-34-4-6-37-32-38(8-7-36(37)30-34)50(66)60-22-20-59(21-23-60)47(64)14-18-57-45(62)15-24-69-26-28-71-29-27-70-25-19-56-43-3-1-2-39-48(43)52(68)61(51(39)67)44-10-11-46(63)58-49(44)65/h1-9,13,17,30-32,44,56H,10-12,14-16,18-29H2,(H,54,55)(H,57,62)(H,58,63,65). The van der Waals surface area contributed by atoms with E-state index >= 15 is 0 Å². The number of fused-ring (bicyclic) bond motifs is 3. The van der Waals surface area contributed by atoms with Gasteiger partial charge in [0.05, 0.1) is 67.9 Å². The zero-order chi connectivity index (χ0) is 49.7. The Morgan fingerprint density at radius 3 is 2.25 bits per heavy atom. The predicted molar refractivity (Wildman–Crippen MR) is 261 cm³/mol. The van der Waals surface area contributed by atoms with Gasteiger partial charge in [-0.05, 0) is 77.7 Å². The molecule has 3 aliphatic heterocycles. The Morgan fingerprint density at radius 2 is 1.46 bits per heavy atom. The van der Waals surface area contributed by atoms with E-state index in [1.165, 1.54) is 6.07 Å². The molecule has 1 unspecified atom stereocenters. The Morgan fingerprint density at radius 1 is 0.732 bits per heavy atom. The lowest BCUT2D eigenvalue weighted by Gasteiger charge is -2.35. The molecule has 5 aromatic rings. The minimum atomic E-state index is -1.04. The van der Waals surface area contributed by atoms with Crippen LogP contribution in [0.1, 0.15) is 67.9 Å². The van der Waals surface area contributed by atoms with E-state index in [0.29, 0.717) is 75.9 Å². The van der Waals surface area contributed by atoms with E-state index in [2.05, 4.69) is 44.5 Å². The molecule has 4 heterocycles. The van der Waals surface area contributed by atoms with Gasteiger partial charge >= 0.3 is 0 Å². The molecule has 2 saturated heterocycles. The van der Waals surface area contributed by atoms with E-state index in [0.717, 1.165) is 44.2 Å². The first-order valence-electron chi connectivity index (χ1n) is 23.8. The molecule has 1 atom stereocenters. The summed E-state index contributed by atoms with van der Waals surface area (Å²) in [5.41, 5.74) is 4.91. The lowest BCUT2D eigenvalue weighted by Crippen LogP contribution is -2.54. The maximum atomic E-state index is 13.5. The summed E-state index contributed by atoms with van der Waals surface area (Å²) in [5.74, 6) is -2.65. The smallest absolute Gasteiger partial charge is 0.264 e. The molecule has 4 N–H and O–H groups in total. The van der Waals surface area contributed by atoms with Crippen LogP contribution in [-0.4, -0.2) is 153 Å². The quantitative estimate of drug-likeness (QED) is 0.0572. The fourth-order valence-corrected chi connectivity index (χ4v) is 8.82. The number of hydrogen-bond donors (Lipinski definition) is 4. The summed E-state index contributed by atoms with van der Waals surface area (Å²) in [6.45, 7) is 4.57. The fourth-order valence-electron chi connectivity index (χ4n) is 8.82. The second kappa shape index (κ2) is 23.7. The molecular formula is C52H55N9O10. The van der Waals surface area contributed by atoms with Crippen LogP contribution in [0.4, 0.5) is 11.4 Å². The topological polar surface area (TPSA) is 242 Å². The number of ether oxygens (including phenoxy) is 3. The zero-order valence-electron chi connectivity index (χ0n) is 39.2. The van der Waals surface area contributed by atoms with Gasteiger partial charge in [0.15, 0.2) is 0 Å². The minimum Gasteiger partial charge on any atom is -0.384 e.